The van der Waals surface area contributed by atoms with Gasteiger partial charge in [0.2, 0.25) is 0 Å². The number of aryl methyl sites for hydroxylation is 3. The second-order valence-corrected chi connectivity index (χ2v) is 13.9. The first-order valence-electron chi connectivity index (χ1n) is 17.4. The van der Waals surface area contributed by atoms with Gasteiger partial charge < -0.3 is 24.6 Å². The fourth-order valence-corrected chi connectivity index (χ4v) is 5.95. The molecule has 0 unspecified atom stereocenters. The topological polar surface area (TPSA) is 109 Å². The van der Waals surface area contributed by atoms with Crippen molar-refractivity contribution in [2.75, 3.05) is 31.2 Å². The van der Waals surface area contributed by atoms with Gasteiger partial charge in [-0.25, -0.2) is 4.98 Å². The van der Waals surface area contributed by atoms with E-state index in [0.717, 1.165) is 66.3 Å². The van der Waals surface area contributed by atoms with Crippen LogP contribution in [0.5, 0.6) is 5.75 Å². The van der Waals surface area contributed by atoms with E-state index in [0.29, 0.717) is 30.1 Å². The Balaban J connectivity index is 0.000000710. The molecule has 1 saturated heterocycles. The quantitative estimate of drug-likeness (QED) is 0.206. The van der Waals surface area contributed by atoms with Crippen LogP contribution in [-0.4, -0.2) is 68.3 Å². The van der Waals surface area contributed by atoms with Gasteiger partial charge in [0.05, 0.1) is 36.5 Å². The van der Waals surface area contributed by atoms with Crippen LogP contribution in [0.4, 0.5) is 5.82 Å². The van der Waals surface area contributed by atoms with Crippen LogP contribution in [-0.2, 0) is 16.0 Å². The Kier molecular flexibility index (Phi) is 12.3. The number of ether oxygens (including phenoxy) is 2. The SMILES string of the molecule is CC.CC(C)(C)O.Cc1cc2c(cc1C)-c1cccc(c1)-c1cc3nc(C)c(CC(=O)O)c(n3n1)N1CCC(C)(CC1)OC/C=C/CCO2. The Morgan fingerprint density at radius 2 is 1.63 bits per heavy atom. The van der Waals surface area contributed by atoms with E-state index in [9.17, 15) is 9.90 Å². The Morgan fingerprint density at radius 3 is 2.31 bits per heavy atom. The first kappa shape index (κ1) is 37.6. The summed E-state index contributed by atoms with van der Waals surface area (Å²) in [6, 6.07) is 14.6. The van der Waals surface area contributed by atoms with Gasteiger partial charge in [-0.1, -0.05) is 44.2 Å². The van der Waals surface area contributed by atoms with E-state index in [-0.39, 0.29) is 12.0 Å². The predicted molar refractivity (Wildman–Crippen MR) is 198 cm³/mol. The maximum atomic E-state index is 11.9. The molecule has 264 valence electrons. The molecule has 3 aliphatic rings. The number of benzene rings is 2. The van der Waals surface area contributed by atoms with Crippen molar-refractivity contribution in [3.8, 4) is 28.1 Å². The molecule has 7 rings (SSSR count). The van der Waals surface area contributed by atoms with E-state index < -0.39 is 11.6 Å². The number of carboxylic acids is 1. The third-order valence-corrected chi connectivity index (χ3v) is 8.63. The third-order valence-electron chi connectivity index (χ3n) is 8.63. The minimum atomic E-state index is -0.884. The van der Waals surface area contributed by atoms with Gasteiger partial charge in [0.15, 0.2) is 5.65 Å². The van der Waals surface area contributed by atoms with Crippen LogP contribution in [0.1, 0.15) is 83.2 Å². The largest absolute Gasteiger partial charge is 0.493 e. The highest BCUT2D eigenvalue weighted by molar-refractivity contribution is 5.78. The number of aliphatic hydroxyl groups is 1. The summed E-state index contributed by atoms with van der Waals surface area (Å²) in [7, 11) is 0. The minimum absolute atomic E-state index is 0.112. The normalized spacial score (nSPS) is 16.4. The molecule has 4 aromatic rings. The monoisotopic (exact) mass is 670 g/mol. The van der Waals surface area contributed by atoms with E-state index in [1.807, 2.05) is 37.4 Å². The van der Waals surface area contributed by atoms with Gasteiger partial charge in [0, 0.05) is 41.5 Å². The fraction of sp³-hybridized carbons (Fsp3) is 0.475. The molecule has 9 heteroatoms. The number of hydrogen-bond acceptors (Lipinski definition) is 7. The highest BCUT2D eigenvalue weighted by atomic mass is 16.5. The first-order chi connectivity index (χ1) is 23.2. The molecule has 0 spiro atoms. The van der Waals surface area contributed by atoms with E-state index in [1.54, 1.807) is 20.8 Å². The summed E-state index contributed by atoms with van der Waals surface area (Å²) in [4.78, 5) is 19.0. The molecule has 0 amide bonds. The standard InChI is InChI=1S/C34H38N4O4.C4H10O.C2H6/c1-22-17-28-25-9-8-10-26(19-25)29-21-31-35-24(3)27(20-32(39)40)33(38(31)36-29)37-13-11-34(4,12-14-37)42-16-7-5-6-15-41-30(28)18-23(22)2;1-4(2,3)5;1-2/h5,7-10,17-19,21H,6,11-16,20H2,1-4H3,(H,39,40);5H,1-3H3;1-2H3/b7-5+;;. The van der Waals surface area contributed by atoms with Gasteiger partial charge in [0.1, 0.15) is 11.6 Å². The van der Waals surface area contributed by atoms with Gasteiger partial charge in [-0.2, -0.15) is 9.61 Å². The smallest absolute Gasteiger partial charge is 0.308 e. The molecular formula is C40H54N4O5. The summed E-state index contributed by atoms with van der Waals surface area (Å²) >= 11 is 0. The van der Waals surface area contributed by atoms with Crippen molar-refractivity contribution in [3.63, 3.8) is 0 Å². The number of fused-ring (bicyclic) bond motifs is 7. The van der Waals surface area contributed by atoms with Crippen molar-refractivity contribution in [3.05, 3.63) is 77.0 Å². The molecule has 9 nitrogen and oxygen atoms in total. The highest BCUT2D eigenvalue weighted by Gasteiger charge is 2.33. The number of carbonyl (C=O) groups is 1. The zero-order valence-electron chi connectivity index (χ0n) is 30.8. The number of carboxylic acid groups (broad SMARTS) is 1. The molecule has 1 fully saturated rings. The molecule has 0 saturated carbocycles. The third kappa shape index (κ3) is 9.70. The number of hydrogen-bond donors (Lipinski definition) is 2. The second kappa shape index (κ2) is 16.0. The maximum absolute atomic E-state index is 11.9. The van der Waals surface area contributed by atoms with Gasteiger partial charge in [-0.15, -0.1) is 0 Å². The van der Waals surface area contributed by atoms with Crippen molar-refractivity contribution in [2.24, 2.45) is 0 Å². The van der Waals surface area contributed by atoms with Gasteiger partial charge in [-0.3, -0.25) is 4.79 Å². The van der Waals surface area contributed by atoms with Crippen molar-refractivity contribution in [1.82, 2.24) is 14.6 Å². The molecule has 49 heavy (non-hydrogen) atoms. The Labute approximate surface area is 291 Å². The van der Waals surface area contributed by atoms with Gasteiger partial charge >= 0.3 is 5.97 Å². The number of aliphatic carboxylic acids is 1. The number of nitrogens with zero attached hydrogens (tertiary/aromatic N) is 4. The molecule has 0 radical (unpaired) electrons. The Morgan fingerprint density at radius 1 is 0.980 bits per heavy atom. The van der Waals surface area contributed by atoms with Crippen LogP contribution in [0, 0.1) is 20.8 Å². The molecule has 0 atom stereocenters. The maximum Gasteiger partial charge on any atom is 0.308 e. The number of piperidine rings is 1. The van der Waals surface area contributed by atoms with Gasteiger partial charge in [0.25, 0.3) is 0 Å². The van der Waals surface area contributed by atoms with Crippen molar-refractivity contribution in [1.29, 1.82) is 0 Å². The molecule has 0 aliphatic carbocycles. The summed E-state index contributed by atoms with van der Waals surface area (Å²) < 4.78 is 14.5. The van der Waals surface area contributed by atoms with Crippen molar-refractivity contribution >= 4 is 17.4 Å². The second-order valence-electron chi connectivity index (χ2n) is 13.9. The molecule has 2 N–H and O–H groups in total. The molecule has 2 aromatic heterocycles. The number of aromatic nitrogens is 3. The van der Waals surface area contributed by atoms with Crippen LogP contribution >= 0.6 is 0 Å². The lowest BCUT2D eigenvalue weighted by Crippen LogP contribution is -2.45. The van der Waals surface area contributed by atoms with E-state index in [1.165, 1.54) is 11.1 Å². The zero-order chi connectivity index (χ0) is 35.9. The summed E-state index contributed by atoms with van der Waals surface area (Å²) in [5.41, 5.74) is 7.59. The van der Waals surface area contributed by atoms with E-state index in [4.69, 9.17) is 24.7 Å². The molecule has 3 aliphatic heterocycles. The Bertz CT molecular complexity index is 1770. The minimum Gasteiger partial charge on any atom is -0.493 e. The molecule has 2 aromatic carbocycles. The van der Waals surface area contributed by atoms with Crippen LogP contribution in [0.15, 0.2) is 54.6 Å². The molecule has 6 bridgehead atoms. The summed E-state index contributed by atoms with van der Waals surface area (Å²) in [6.45, 7) is 20.1. The summed E-state index contributed by atoms with van der Waals surface area (Å²) in [5.74, 6) is 0.786. The lowest BCUT2D eigenvalue weighted by atomic mass is 9.93. The molecular weight excluding hydrogens is 616 g/mol. The number of anilines is 1. The van der Waals surface area contributed by atoms with Crippen molar-refractivity contribution < 1.29 is 24.5 Å². The number of rotatable bonds is 2. The van der Waals surface area contributed by atoms with Crippen molar-refractivity contribution in [2.45, 2.75) is 99.2 Å². The average Bonchev–Trinajstić information content (AvgIpc) is 3.46. The Hall–Kier alpha value is -4.21. The van der Waals surface area contributed by atoms with Crippen LogP contribution in [0.2, 0.25) is 0 Å². The predicted octanol–water partition coefficient (Wildman–Crippen LogP) is 8.13. The average molecular weight is 671 g/mol. The fourth-order valence-electron chi connectivity index (χ4n) is 5.95. The summed E-state index contributed by atoms with van der Waals surface area (Å²) in [5, 5.41) is 23.3. The van der Waals surface area contributed by atoms with Gasteiger partial charge in [-0.05, 0) is 103 Å². The lowest BCUT2D eigenvalue weighted by Gasteiger charge is -2.40. The molecule has 5 heterocycles. The highest BCUT2D eigenvalue weighted by Crippen LogP contribution is 2.37. The summed E-state index contributed by atoms with van der Waals surface area (Å²) in [6.07, 6.45) is 6.54. The van der Waals surface area contributed by atoms with E-state index >= 15 is 0 Å². The first-order valence-corrected chi connectivity index (χ1v) is 17.4. The lowest BCUT2D eigenvalue weighted by molar-refractivity contribution is -0.136. The van der Waals surface area contributed by atoms with Crippen LogP contribution in [0.25, 0.3) is 28.0 Å². The van der Waals surface area contributed by atoms with Crippen LogP contribution in [0.3, 0.4) is 0 Å². The zero-order valence-corrected chi connectivity index (χ0v) is 30.8. The van der Waals surface area contributed by atoms with Crippen LogP contribution < -0.4 is 9.64 Å². The van der Waals surface area contributed by atoms with E-state index in [2.05, 4.69) is 68.2 Å².